The van der Waals surface area contributed by atoms with E-state index in [-0.39, 0.29) is 0 Å². The summed E-state index contributed by atoms with van der Waals surface area (Å²) >= 11 is 0.500. The third kappa shape index (κ3) is 9.08. The summed E-state index contributed by atoms with van der Waals surface area (Å²) in [6.07, 6.45) is 0. The van der Waals surface area contributed by atoms with Crippen LogP contribution in [0.5, 0.6) is 0 Å². The molecule has 0 saturated carbocycles. The van der Waals surface area contributed by atoms with Gasteiger partial charge in [0.1, 0.15) is 0 Å². The summed E-state index contributed by atoms with van der Waals surface area (Å²) < 4.78 is 9.50. The Bertz CT molecular complexity index is 80.0. The number of halogens is 1. The predicted molar refractivity (Wildman–Crippen MR) is 22.1 cm³/mol. The van der Waals surface area contributed by atoms with Crippen LogP contribution in [-0.4, -0.2) is 40.4 Å². The van der Waals surface area contributed by atoms with E-state index in [2.05, 4.69) is 0 Å². The number of carboxylic acid groups (broad SMARTS) is 2. The van der Waals surface area contributed by atoms with Crippen molar-refractivity contribution < 1.29 is 23.2 Å². The number of aliphatic carboxylic acids is 2. The van der Waals surface area contributed by atoms with E-state index in [0.29, 0.717) is 18.2 Å². The fraction of sp³-hybridized carbons (Fsp3) is 0. The molecule has 0 aromatic carbocycles. The van der Waals surface area contributed by atoms with Gasteiger partial charge < -0.3 is 10.2 Å². The van der Waals surface area contributed by atoms with Gasteiger partial charge in [0.2, 0.25) is 0 Å². The van der Waals surface area contributed by atoms with E-state index in [1.165, 1.54) is 0 Å². The van der Waals surface area contributed by atoms with Crippen LogP contribution in [0.3, 0.4) is 0 Å². The standard InChI is InChI=1S/C2H2O4.FH.Li/c3-1(4)2(5)6;;/h(H,3,4)(H,5,6);1H;/q;;+1/p-1. The topological polar surface area (TPSA) is 74.6 Å². The molecule has 0 heterocycles. The fourth-order valence-electron chi connectivity index (χ4n) is 0. The summed E-state index contributed by atoms with van der Waals surface area (Å²) in [5.41, 5.74) is 0. The Balaban J connectivity index is 0. The molecule has 0 bridgehead atoms. The monoisotopic (exact) mass is 116 g/mol. The van der Waals surface area contributed by atoms with E-state index in [4.69, 9.17) is 19.8 Å². The molecule has 0 aliphatic rings. The quantitative estimate of drug-likeness (QED) is 0.320. The molecule has 0 radical (unpaired) electrons. The van der Waals surface area contributed by atoms with Crippen molar-refractivity contribution in [1.82, 2.24) is 0 Å². The van der Waals surface area contributed by atoms with Gasteiger partial charge in [-0.25, -0.2) is 9.59 Å². The molecule has 42 valence electrons. The van der Waals surface area contributed by atoms with Gasteiger partial charge in [-0.2, -0.15) is 0 Å². The first-order valence-electron chi connectivity index (χ1n) is 1.48. The van der Waals surface area contributed by atoms with Crippen molar-refractivity contribution in [3.63, 3.8) is 0 Å². The van der Waals surface area contributed by atoms with Crippen molar-refractivity contribution in [2.45, 2.75) is 0 Å². The minimum atomic E-state index is -1.82. The summed E-state index contributed by atoms with van der Waals surface area (Å²) in [5.74, 6) is -3.65. The zero-order valence-corrected chi connectivity index (χ0v) is 4.09. The van der Waals surface area contributed by atoms with Gasteiger partial charge in [-0.15, -0.1) is 0 Å². The number of carbonyl (C=O) groups is 2. The predicted octanol–water partition coefficient (Wildman–Crippen LogP) is -0.805. The molecule has 0 atom stereocenters. The van der Waals surface area contributed by atoms with Gasteiger partial charge in [0.05, 0.1) is 0 Å². The van der Waals surface area contributed by atoms with Crippen LogP contribution >= 0.6 is 0 Å². The maximum atomic E-state index is 9.50. The van der Waals surface area contributed by atoms with E-state index in [0.717, 1.165) is 0 Å². The summed E-state index contributed by atoms with van der Waals surface area (Å²) in [5, 5.41) is 14.8. The van der Waals surface area contributed by atoms with Gasteiger partial charge in [-0.3, -0.25) is 0 Å². The van der Waals surface area contributed by atoms with Gasteiger partial charge >= 0.3 is 33.5 Å². The second kappa shape index (κ2) is 6.47. The van der Waals surface area contributed by atoms with Crippen LogP contribution in [0.2, 0.25) is 0 Å². The van der Waals surface area contributed by atoms with E-state index in [1.807, 2.05) is 0 Å². The number of rotatable bonds is 0. The number of hydrogen-bond acceptors (Lipinski definition) is 2. The van der Waals surface area contributed by atoms with E-state index < -0.39 is 11.9 Å². The molecule has 2 N–H and O–H groups in total. The molecule has 0 aromatic heterocycles. The Kier molecular flexibility index (Phi) is 8.45. The minimum absolute atomic E-state index is 0.500. The van der Waals surface area contributed by atoms with E-state index >= 15 is 0 Å². The molecule has 0 aromatic rings. The molecule has 0 aliphatic heterocycles. The molecule has 0 fully saturated rings. The third-order valence-electron chi connectivity index (χ3n) is 0.183. The summed E-state index contributed by atoms with van der Waals surface area (Å²) in [7, 11) is 0. The van der Waals surface area contributed by atoms with Crippen molar-refractivity contribution >= 4 is 30.1 Å². The van der Waals surface area contributed by atoms with Crippen molar-refractivity contribution in [1.29, 1.82) is 0 Å². The summed E-state index contributed by atoms with van der Waals surface area (Å²) in [6.45, 7) is 0. The van der Waals surface area contributed by atoms with Crippen LogP contribution in [0.4, 0.5) is 3.38 Å². The first kappa shape index (κ1) is 10.4. The third-order valence-corrected chi connectivity index (χ3v) is 0.183. The Morgan fingerprint density at radius 2 is 1.25 bits per heavy atom. The Morgan fingerprint density at radius 1 is 1.12 bits per heavy atom. The maximum absolute atomic E-state index is 9.50. The van der Waals surface area contributed by atoms with Crippen LogP contribution in [-0.2, 0) is 9.59 Å². The fourth-order valence-corrected chi connectivity index (χ4v) is 0. The van der Waals surface area contributed by atoms with Crippen molar-refractivity contribution in [2.75, 3.05) is 0 Å². The van der Waals surface area contributed by atoms with Gasteiger partial charge in [0.15, 0.2) is 0 Å². The van der Waals surface area contributed by atoms with Gasteiger partial charge in [-0.1, -0.05) is 0 Å². The zero-order valence-electron chi connectivity index (χ0n) is 4.09. The van der Waals surface area contributed by atoms with Gasteiger partial charge in [0.25, 0.3) is 0 Å². The molecule has 0 unspecified atom stereocenters. The van der Waals surface area contributed by atoms with Crippen LogP contribution in [0.15, 0.2) is 0 Å². The van der Waals surface area contributed by atoms with Crippen molar-refractivity contribution in [3.05, 3.63) is 0 Å². The first-order valence-corrected chi connectivity index (χ1v) is 1.48. The molecule has 0 amide bonds. The molecule has 0 aliphatic carbocycles. The summed E-state index contributed by atoms with van der Waals surface area (Å²) in [4.78, 5) is 18.2. The molecule has 4 nitrogen and oxygen atoms in total. The van der Waals surface area contributed by atoms with E-state index in [1.54, 1.807) is 0 Å². The SMILES string of the molecule is O=C(O)C(=O)O.[Li][F]. The number of carboxylic acids is 2. The molecule has 0 saturated heterocycles. The molecule has 6 heteroatoms. The molecule has 0 rings (SSSR count). The summed E-state index contributed by atoms with van der Waals surface area (Å²) in [6, 6.07) is 0. The molecule has 8 heavy (non-hydrogen) atoms. The van der Waals surface area contributed by atoms with Crippen LogP contribution in [0, 0.1) is 0 Å². The van der Waals surface area contributed by atoms with Crippen LogP contribution in [0.25, 0.3) is 0 Å². The average molecular weight is 116 g/mol. The first-order chi connectivity index (χ1) is 3.64. The number of hydrogen-bond donors (Lipinski definition) is 2. The van der Waals surface area contributed by atoms with Crippen LogP contribution < -0.4 is 0 Å². The van der Waals surface area contributed by atoms with Crippen molar-refractivity contribution in [3.8, 4) is 0 Å². The average Bonchev–Trinajstić information content (AvgIpc) is 1.72. The van der Waals surface area contributed by atoms with E-state index in [9.17, 15) is 3.38 Å². The van der Waals surface area contributed by atoms with Gasteiger partial charge in [0, 0.05) is 0 Å². The second-order valence-corrected chi connectivity index (χ2v) is 0.610. The molecular formula is C2H2FLiO4. The zero-order chi connectivity index (χ0) is 7.15. The van der Waals surface area contributed by atoms with Crippen molar-refractivity contribution in [2.24, 2.45) is 0 Å². The normalized spacial score (nSPS) is 6.38. The Labute approximate surface area is 54.1 Å². The van der Waals surface area contributed by atoms with Crippen LogP contribution in [0.1, 0.15) is 0 Å². The molecular weight excluding hydrogens is 114 g/mol. The Morgan fingerprint density at radius 3 is 1.25 bits per heavy atom. The Hall–Kier alpha value is -0.533. The second-order valence-electron chi connectivity index (χ2n) is 0.610. The molecule has 0 spiro atoms. The van der Waals surface area contributed by atoms with Gasteiger partial charge in [-0.05, 0) is 0 Å².